The van der Waals surface area contributed by atoms with Crippen molar-refractivity contribution >= 4 is 0 Å². The van der Waals surface area contributed by atoms with Gasteiger partial charge in [-0.3, -0.25) is 4.90 Å². The Bertz CT molecular complexity index is 500. The van der Waals surface area contributed by atoms with E-state index in [9.17, 15) is 0 Å². The molecule has 1 aromatic rings. The van der Waals surface area contributed by atoms with Crippen molar-refractivity contribution in [3.05, 3.63) is 34.9 Å². The number of morpholine rings is 1. The first-order valence-electron chi connectivity index (χ1n) is 8.58. The number of ether oxygens (including phenoxy) is 1. The Morgan fingerprint density at radius 3 is 3.19 bits per heavy atom. The molecular weight excluding hydrogens is 260 g/mol. The van der Waals surface area contributed by atoms with E-state index in [-0.39, 0.29) is 0 Å². The van der Waals surface area contributed by atoms with Gasteiger partial charge in [0, 0.05) is 25.7 Å². The number of hydrogen-bond acceptors (Lipinski definition) is 3. The third-order valence-corrected chi connectivity index (χ3v) is 5.46. The van der Waals surface area contributed by atoms with E-state index in [0.717, 1.165) is 32.8 Å². The highest BCUT2D eigenvalue weighted by atomic mass is 16.5. The maximum absolute atomic E-state index is 6.01. The van der Waals surface area contributed by atoms with Crippen molar-refractivity contribution in [3.63, 3.8) is 0 Å². The zero-order valence-electron chi connectivity index (χ0n) is 12.8. The fourth-order valence-electron chi connectivity index (χ4n) is 4.35. The summed E-state index contributed by atoms with van der Waals surface area (Å²) in [5, 5.41) is 3.48. The minimum atomic E-state index is 0.494. The molecule has 2 heterocycles. The molecule has 1 saturated heterocycles. The van der Waals surface area contributed by atoms with Gasteiger partial charge in [-0.2, -0.15) is 0 Å². The number of hydrogen-bond donors (Lipinski definition) is 1. The second-order valence-electron chi connectivity index (χ2n) is 6.71. The van der Waals surface area contributed by atoms with Gasteiger partial charge in [0.25, 0.3) is 0 Å². The molecule has 0 aromatic heterocycles. The topological polar surface area (TPSA) is 24.5 Å². The quantitative estimate of drug-likeness (QED) is 0.904. The highest BCUT2D eigenvalue weighted by molar-refractivity contribution is 5.37. The number of benzene rings is 1. The lowest BCUT2D eigenvalue weighted by Gasteiger charge is -2.44. The molecule has 3 nitrogen and oxygen atoms in total. The Morgan fingerprint density at radius 1 is 1.24 bits per heavy atom. The zero-order chi connectivity index (χ0) is 14.1. The van der Waals surface area contributed by atoms with E-state index in [4.69, 9.17) is 4.74 Å². The SMILES string of the molecule is c1cc2c(c(CN3CCOC4CCCCC43)c1)CCNC2. The fraction of sp³-hybridized carbons (Fsp3) is 0.667. The maximum atomic E-state index is 6.01. The van der Waals surface area contributed by atoms with Gasteiger partial charge in [-0.1, -0.05) is 31.0 Å². The fourth-order valence-corrected chi connectivity index (χ4v) is 4.35. The predicted molar refractivity (Wildman–Crippen MR) is 84.3 cm³/mol. The molecule has 4 rings (SSSR count). The van der Waals surface area contributed by atoms with E-state index in [1.807, 2.05) is 0 Å². The molecule has 1 N–H and O–H groups in total. The van der Waals surface area contributed by atoms with Crippen LogP contribution in [0, 0.1) is 0 Å². The largest absolute Gasteiger partial charge is 0.375 e. The molecule has 0 radical (unpaired) electrons. The molecule has 1 aliphatic carbocycles. The summed E-state index contributed by atoms with van der Waals surface area (Å²) in [6.07, 6.45) is 6.98. The van der Waals surface area contributed by atoms with Gasteiger partial charge in [-0.05, 0) is 42.5 Å². The average molecular weight is 286 g/mol. The molecule has 0 amide bonds. The Balaban J connectivity index is 1.55. The molecule has 0 spiro atoms. The van der Waals surface area contributed by atoms with Crippen LogP contribution in [0.1, 0.15) is 42.4 Å². The number of rotatable bonds is 2. The van der Waals surface area contributed by atoms with E-state index < -0.39 is 0 Å². The minimum Gasteiger partial charge on any atom is -0.375 e. The molecule has 2 unspecified atom stereocenters. The van der Waals surface area contributed by atoms with Crippen LogP contribution in [0.2, 0.25) is 0 Å². The van der Waals surface area contributed by atoms with Gasteiger partial charge >= 0.3 is 0 Å². The van der Waals surface area contributed by atoms with Crippen molar-refractivity contribution in [2.45, 2.75) is 57.3 Å². The molecule has 2 aliphatic heterocycles. The Labute approximate surface area is 127 Å². The standard InChI is InChI=1S/C18H26N2O/c1-2-7-18-17(6-1)20(10-11-21-18)13-15-5-3-4-14-12-19-9-8-16(14)15/h3-5,17-19H,1-2,6-13H2. The number of nitrogens with zero attached hydrogens (tertiary/aromatic N) is 1. The molecule has 1 saturated carbocycles. The highest BCUT2D eigenvalue weighted by Gasteiger charge is 2.34. The molecule has 21 heavy (non-hydrogen) atoms. The molecule has 1 aromatic carbocycles. The number of fused-ring (bicyclic) bond motifs is 2. The van der Waals surface area contributed by atoms with E-state index in [0.29, 0.717) is 12.1 Å². The zero-order valence-corrected chi connectivity index (χ0v) is 12.8. The monoisotopic (exact) mass is 286 g/mol. The lowest BCUT2D eigenvalue weighted by atomic mass is 9.89. The van der Waals surface area contributed by atoms with Crippen LogP contribution in [0.25, 0.3) is 0 Å². The highest BCUT2D eigenvalue weighted by Crippen LogP contribution is 2.30. The Kier molecular flexibility index (Phi) is 3.97. The minimum absolute atomic E-state index is 0.494. The van der Waals surface area contributed by atoms with Gasteiger partial charge in [-0.15, -0.1) is 0 Å². The summed E-state index contributed by atoms with van der Waals surface area (Å²) in [6.45, 7) is 5.30. The second-order valence-corrected chi connectivity index (χ2v) is 6.71. The third kappa shape index (κ3) is 2.75. The second kappa shape index (κ2) is 6.07. The summed E-state index contributed by atoms with van der Waals surface area (Å²) in [6, 6.07) is 7.52. The first-order chi connectivity index (χ1) is 10.4. The molecule has 114 valence electrons. The van der Waals surface area contributed by atoms with Crippen molar-refractivity contribution in [3.8, 4) is 0 Å². The maximum Gasteiger partial charge on any atom is 0.0731 e. The van der Waals surface area contributed by atoms with Crippen LogP contribution < -0.4 is 5.32 Å². The van der Waals surface area contributed by atoms with Gasteiger partial charge in [-0.25, -0.2) is 0 Å². The van der Waals surface area contributed by atoms with Gasteiger partial charge in [0.1, 0.15) is 0 Å². The van der Waals surface area contributed by atoms with Crippen molar-refractivity contribution in [2.24, 2.45) is 0 Å². The van der Waals surface area contributed by atoms with Crippen molar-refractivity contribution in [2.75, 3.05) is 19.7 Å². The van der Waals surface area contributed by atoms with Crippen LogP contribution in [0.3, 0.4) is 0 Å². The van der Waals surface area contributed by atoms with Crippen molar-refractivity contribution in [1.29, 1.82) is 0 Å². The summed E-state index contributed by atoms with van der Waals surface area (Å²) >= 11 is 0. The van der Waals surface area contributed by atoms with E-state index >= 15 is 0 Å². The molecule has 3 heteroatoms. The first-order valence-corrected chi connectivity index (χ1v) is 8.58. The van der Waals surface area contributed by atoms with Crippen LogP contribution in [0.5, 0.6) is 0 Å². The molecule has 2 atom stereocenters. The van der Waals surface area contributed by atoms with Crippen molar-refractivity contribution < 1.29 is 4.74 Å². The molecule has 2 fully saturated rings. The lowest BCUT2D eigenvalue weighted by molar-refractivity contribution is -0.0911. The molecule has 0 bridgehead atoms. The van der Waals surface area contributed by atoms with Crippen LogP contribution in [0.4, 0.5) is 0 Å². The summed E-state index contributed by atoms with van der Waals surface area (Å²) in [7, 11) is 0. The Morgan fingerprint density at radius 2 is 2.19 bits per heavy atom. The average Bonchev–Trinajstić information content (AvgIpc) is 2.56. The van der Waals surface area contributed by atoms with Gasteiger partial charge in [0.2, 0.25) is 0 Å². The van der Waals surface area contributed by atoms with E-state index in [1.54, 1.807) is 11.1 Å². The van der Waals surface area contributed by atoms with Crippen LogP contribution in [-0.2, 0) is 24.2 Å². The molecule has 3 aliphatic rings. The van der Waals surface area contributed by atoms with Gasteiger partial charge < -0.3 is 10.1 Å². The van der Waals surface area contributed by atoms with Crippen LogP contribution >= 0.6 is 0 Å². The smallest absolute Gasteiger partial charge is 0.0731 e. The molecular formula is C18H26N2O. The summed E-state index contributed by atoms with van der Waals surface area (Å²) in [5.74, 6) is 0. The summed E-state index contributed by atoms with van der Waals surface area (Å²) < 4.78 is 6.01. The van der Waals surface area contributed by atoms with E-state index in [2.05, 4.69) is 28.4 Å². The van der Waals surface area contributed by atoms with E-state index in [1.165, 1.54) is 37.7 Å². The first kappa shape index (κ1) is 13.7. The van der Waals surface area contributed by atoms with Gasteiger partial charge in [0.15, 0.2) is 0 Å². The Hall–Kier alpha value is -0.900. The van der Waals surface area contributed by atoms with Gasteiger partial charge in [0.05, 0.1) is 12.7 Å². The third-order valence-electron chi connectivity index (χ3n) is 5.46. The van der Waals surface area contributed by atoms with Crippen LogP contribution in [-0.4, -0.2) is 36.7 Å². The summed E-state index contributed by atoms with van der Waals surface area (Å²) in [5.41, 5.74) is 4.67. The number of nitrogens with one attached hydrogen (secondary N) is 1. The van der Waals surface area contributed by atoms with Crippen LogP contribution in [0.15, 0.2) is 18.2 Å². The van der Waals surface area contributed by atoms with Crippen molar-refractivity contribution in [1.82, 2.24) is 10.2 Å². The lowest BCUT2D eigenvalue weighted by Crippen LogP contribution is -2.52. The summed E-state index contributed by atoms with van der Waals surface area (Å²) in [4.78, 5) is 2.70. The normalized spacial score (nSPS) is 29.7. The predicted octanol–water partition coefficient (Wildman–Crippen LogP) is 2.48.